The predicted molar refractivity (Wildman–Crippen MR) is 98.9 cm³/mol. The number of piperidine rings is 1. The van der Waals surface area contributed by atoms with E-state index in [1.54, 1.807) is 12.4 Å². The number of hydrogen-bond acceptors (Lipinski definition) is 7. The average Bonchev–Trinajstić information content (AvgIpc) is 3.09. The van der Waals surface area contributed by atoms with E-state index in [2.05, 4.69) is 31.0 Å². The van der Waals surface area contributed by atoms with Gasteiger partial charge in [-0.05, 0) is 31.0 Å². The van der Waals surface area contributed by atoms with Crippen LogP contribution in [0.2, 0.25) is 0 Å². The van der Waals surface area contributed by atoms with Crippen LogP contribution in [0.3, 0.4) is 0 Å². The molecule has 1 saturated heterocycles. The normalized spacial score (nSPS) is 17.7. The third kappa shape index (κ3) is 4.86. The molecule has 0 spiro atoms. The first-order valence-electron chi connectivity index (χ1n) is 8.61. The van der Waals surface area contributed by atoms with Gasteiger partial charge in [0.15, 0.2) is 5.13 Å². The van der Waals surface area contributed by atoms with Gasteiger partial charge in [0, 0.05) is 29.5 Å². The van der Waals surface area contributed by atoms with Crippen molar-refractivity contribution in [1.82, 2.24) is 14.9 Å². The number of nitrogens with one attached hydrogen (secondary N) is 1. The highest BCUT2D eigenvalue weighted by Gasteiger charge is 2.26. The number of amides is 1. The second-order valence-electron chi connectivity index (χ2n) is 6.20. The van der Waals surface area contributed by atoms with Crippen molar-refractivity contribution in [3.05, 3.63) is 41.2 Å². The summed E-state index contributed by atoms with van der Waals surface area (Å²) in [5, 5.41) is 3.34. The number of thiazole rings is 1. The number of ether oxygens (including phenoxy) is 1. The van der Waals surface area contributed by atoms with Crippen molar-refractivity contribution in [2.24, 2.45) is 0 Å². The molecule has 2 aromatic heterocycles. The van der Waals surface area contributed by atoms with Gasteiger partial charge in [0.05, 0.1) is 20.1 Å². The smallest absolute Gasteiger partial charge is 0.310 e. The number of carbonyl (C=O) groups is 2. The number of methoxy groups -OCH3 is 1. The standard InChI is InChI=1S/C18H22N4O3S/c1-25-17(24)9-14-11-20-18(26-14)21-16(23)12-22-8-3-2-6-15(22)13-5-4-7-19-10-13/h4-5,7,10-11,15H,2-3,6,8-9,12H2,1H3,(H,20,21,23). The highest BCUT2D eigenvalue weighted by atomic mass is 32.1. The summed E-state index contributed by atoms with van der Waals surface area (Å²) in [6.45, 7) is 1.20. The lowest BCUT2D eigenvalue weighted by molar-refractivity contribution is -0.139. The number of nitrogens with zero attached hydrogens (tertiary/aromatic N) is 3. The van der Waals surface area contributed by atoms with E-state index in [-0.39, 0.29) is 24.3 Å². The van der Waals surface area contributed by atoms with Crippen LogP contribution in [0.5, 0.6) is 0 Å². The van der Waals surface area contributed by atoms with Crippen molar-refractivity contribution in [3.63, 3.8) is 0 Å². The van der Waals surface area contributed by atoms with Crippen molar-refractivity contribution in [2.75, 3.05) is 25.5 Å². The molecule has 0 aromatic carbocycles. The van der Waals surface area contributed by atoms with Crippen molar-refractivity contribution in [1.29, 1.82) is 0 Å². The summed E-state index contributed by atoms with van der Waals surface area (Å²) in [4.78, 5) is 35.1. The van der Waals surface area contributed by atoms with Gasteiger partial charge in [-0.15, -0.1) is 11.3 Å². The molecule has 1 unspecified atom stereocenters. The van der Waals surface area contributed by atoms with Gasteiger partial charge in [-0.1, -0.05) is 12.5 Å². The van der Waals surface area contributed by atoms with Crippen LogP contribution in [0.15, 0.2) is 30.7 Å². The zero-order valence-electron chi connectivity index (χ0n) is 14.7. The molecule has 1 amide bonds. The first-order valence-corrected chi connectivity index (χ1v) is 9.42. The number of aromatic nitrogens is 2. The zero-order valence-corrected chi connectivity index (χ0v) is 15.5. The Kier molecular flexibility index (Phi) is 6.30. The number of esters is 1. The average molecular weight is 374 g/mol. The van der Waals surface area contributed by atoms with Crippen molar-refractivity contribution >= 4 is 28.3 Å². The largest absolute Gasteiger partial charge is 0.469 e. The van der Waals surface area contributed by atoms with Crippen LogP contribution in [0.1, 0.15) is 35.7 Å². The fourth-order valence-corrected chi connectivity index (χ4v) is 3.95. The van der Waals surface area contributed by atoms with E-state index in [0.717, 1.165) is 36.2 Å². The van der Waals surface area contributed by atoms with Gasteiger partial charge in [-0.2, -0.15) is 0 Å². The lowest BCUT2D eigenvalue weighted by atomic mass is 9.96. The molecule has 2 aromatic rings. The van der Waals surface area contributed by atoms with Gasteiger partial charge in [0.2, 0.25) is 5.91 Å². The number of rotatable bonds is 6. The third-order valence-corrected chi connectivity index (χ3v) is 5.29. The first-order chi connectivity index (χ1) is 12.7. The van der Waals surface area contributed by atoms with Crippen LogP contribution in [-0.2, 0) is 20.7 Å². The quantitative estimate of drug-likeness (QED) is 0.782. The van der Waals surface area contributed by atoms with Crippen LogP contribution < -0.4 is 5.32 Å². The molecule has 0 radical (unpaired) electrons. The maximum absolute atomic E-state index is 12.5. The van der Waals surface area contributed by atoms with Crippen molar-refractivity contribution in [2.45, 2.75) is 31.7 Å². The highest BCUT2D eigenvalue weighted by Crippen LogP contribution is 2.30. The number of anilines is 1. The monoisotopic (exact) mass is 374 g/mol. The molecule has 7 nitrogen and oxygen atoms in total. The van der Waals surface area contributed by atoms with Gasteiger partial charge in [0.25, 0.3) is 0 Å². The number of carbonyl (C=O) groups excluding carboxylic acids is 2. The summed E-state index contributed by atoms with van der Waals surface area (Å²) >= 11 is 1.29. The second-order valence-corrected chi connectivity index (χ2v) is 7.32. The number of pyridine rings is 1. The molecule has 138 valence electrons. The molecule has 26 heavy (non-hydrogen) atoms. The maximum Gasteiger partial charge on any atom is 0.310 e. The van der Waals surface area contributed by atoms with E-state index in [9.17, 15) is 9.59 Å². The van der Waals surface area contributed by atoms with E-state index < -0.39 is 0 Å². The highest BCUT2D eigenvalue weighted by molar-refractivity contribution is 7.15. The maximum atomic E-state index is 12.5. The van der Waals surface area contributed by atoms with E-state index in [4.69, 9.17) is 0 Å². The van der Waals surface area contributed by atoms with Gasteiger partial charge in [-0.3, -0.25) is 19.5 Å². The van der Waals surface area contributed by atoms with E-state index in [0.29, 0.717) is 11.7 Å². The topological polar surface area (TPSA) is 84.4 Å². The lowest BCUT2D eigenvalue weighted by Crippen LogP contribution is -2.39. The van der Waals surface area contributed by atoms with Crippen LogP contribution in [0, 0.1) is 0 Å². The minimum atomic E-state index is -0.320. The molecule has 3 heterocycles. The Morgan fingerprint density at radius 1 is 1.38 bits per heavy atom. The van der Waals surface area contributed by atoms with Crippen molar-refractivity contribution < 1.29 is 14.3 Å². The third-order valence-electron chi connectivity index (χ3n) is 4.38. The van der Waals surface area contributed by atoms with E-state index in [1.165, 1.54) is 18.4 Å². The second kappa shape index (κ2) is 8.86. The Labute approximate surface area is 156 Å². The molecular formula is C18H22N4O3S. The van der Waals surface area contributed by atoms with Crippen LogP contribution in [0.25, 0.3) is 0 Å². The summed E-state index contributed by atoms with van der Waals surface area (Å²) in [5.41, 5.74) is 1.15. The first kappa shape index (κ1) is 18.5. The molecule has 1 atom stereocenters. The number of hydrogen-bond donors (Lipinski definition) is 1. The SMILES string of the molecule is COC(=O)Cc1cnc(NC(=O)CN2CCCCC2c2cccnc2)s1. The molecule has 0 saturated carbocycles. The molecule has 1 N–H and O–H groups in total. The molecule has 8 heteroatoms. The van der Waals surface area contributed by atoms with Gasteiger partial charge < -0.3 is 10.1 Å². The molecule has 0 aliphatic carbocycles. The van der Waals surface area contributed by atoms with Crippen LogP contribution >= 0.6 is 11.3 Å². The Morgan fingerprint density at radius 2 is 2.27 bits per heavy atom. The minimum absolute atomic E-state index is 0.0974. The zero-order chi connectivity index (χ0) is 18.4. The predicted octanol–water partition coefficient (Wildman–Crippen LogP) is 2.42. The van der Waals surface area contributed by atoms with Gasteiger partial charge in [0.1, 0.15) is 0 Å². The van der Waals surface area contributed by atoms with Gasteiger partial charge >= 0.3 is 5.97 Å². The van der Waals surface area contributed by atoms with Crippen LogP contribution in [0.4, 0.5) is 5.13 Å². The Balaban J connectivity index is 1.59. The lowest BCUT2D eigenvalue weighted by Gasteiger charge is -2.35. The number of likely N-dealkylation sites (tertiary alicyclic amines) is 1. The molecule has 1 aliphatic rings. The molecular weight excluding hydrogens is 352 g/mol. The summed E-state index contributed by atoms with van der Waals surface area (Å²) in [7, 11) is 1.35. The summed E-state index contributed by atoms with van der Waals surface area (Å²) in [5.74, 6) is -0.418. The molecule has 1 fully saturated rings. The fraction of sp³-hybridized carbons (Fsp3) is 0.444. The van der Waals surface area contributed by atoms with Gasteiger partial charge in [-0.25, -0.2) is 4.98 Å². The van der Waals surface area contributed by atoms with Crippen molar-refractivity contribution in [3.8, 4) is 0 Å². The summed E-state index contributed by atoms with van der Waals surface area (Å²) in [6.07, 6.45) is 8.67. The van der Waals surface area contributed by atoms with E-state index in [1.807, 2.05) is 12.3 Å². The Bertz CT molecular complexity index is 750. The molecule has 0 bridgehead atoms. The Hall–Kier alpha value is -2.32. The summed E-state index contributed by atoms with van der Waals surface area (Å²) < 4.78 is 4.64. The fourth-order valence-electron chi connectivity index (χ4n) is 3.14. The minimum Gasteiger partial charge on any atom is -0.469 e. The van der Waals surface area contributed by atoms with E-state index >= 15 is 0 Å². The molecule has 3 rings (SSSR count). The molecule has 1 aliphatic heterocycles. The van der Waals surface area contributed by atoms with Crippen LogP contribution in [-0.4, -0.2) is 46.9 Å². The summed E-state index contributed by atoms with van der Waals surface area (Å²) in [6, 6.07) is 4.21. The Morgan fingerprint density at radius 3 is 3.04 bits per heavy atom.